The number of ether oxygens (including phenoxy) is 2. The third kappa shape index (κ3) is 8.64. The number of nitrogens with one attached hydrogen (secondary N) is 2. The van der Waals surface area contributed by atoms with Crippen LogP contribution in [-0.2, 0) is 19.1 Å². The van der Waals surface area contributed by atoms with Crippen molar-refractivity contribution < 1.29 is 28.7 Å². The zero-order valence-electron chi connectivity index (χ0n) is 33.5. The number of hydrogen-bond acceptors (Lipinski definition) is 8. The van der Waals surface area contributed by atoms with Crippen LogP contribution in [0.5, 0.6) is 0 Å². The summed E-state index contributed by atoms with van der Waals surface area (Å²) in [7, 11) is 2.60. The highest BCUT2D eigenvalue weighted by atomic mass is 16.5. The van der Waals surface area contributed by atoms with Gasteiger partial charge in [0, 0.05) is 49.8 Å². The van der Waals surface area contributed by atoms with E-state index >= 15 is 0 Å². The molecule has 296 valence electrons. The van der Waals surface area contributed by atoms with Crippen LogP contribution < -0.4 is 10.6 Å². The molecule has 0 aromatic heterocycles. The summed E-state index contributed by atoms with van der Waals surface area (Å²) in [5.74, 6) is -0.422. The molecule has 2 aromatic rings. The van der Waals surface area contributed by atoms with Gasteiger partial charge >= 0.3 is 12.2 Å². The summed E-state index contributed by atoms with van der Waals surface area (Å²) < 4.78 is 9.57. The number of carbonyl (C=O) groups excluding carboxylic acids is 4. The van der Waals surface area contributed by atoms with E-state index < -0.39 is 24.3 Å². The molecule has 2 saturated heterocycles. The number of nitrogens with zero attached hydrogens (tertiary/aromatic N) is 4. The first-order valence-electron chi connectivity index (χ1n) is 19.6. The Morgan fingerprint density at radius 2 is 1.14 bits per heavy atom. The van der Waals surface area contributed by atoms with Crippen LogP contribution in [0, 0.1) is 11.8 Å². The van der Waals surface area contributed by atoms with E-state index in [2.05, 4.69) is 65.2 Å². The van der Waals surface area contributed by atoms with Gasteiger partial charge in [-0.25, -0.2) is 9.59 Å². The maximum absolute atomic E-state index is 13.8. The van der Waals surface area contributed by atoms with Gasteiger partial charge in [-0.1, -0.05) is 87.9 Å². The third-order valence-electron chi connectivity index (χ3n) is 11.3. The molecule has 4 aliphatic heterocycles. The van der Waals surface area contributed by atoms with Crippen LogP contribution in [0.3, 0.4) is 0 Å². The number of alkyl carbamates (subject to hydrolysis) is 2. The Labute approximate surface area is 329 Å². The van der Waals surface area contributed by atoms with Gasteiger partial charge in [-0.15, -0.1) is 0 Å². The normalized spacial score (nSPS) is 21.1. The lowest BCUT2D eigenvalue weighted by molar-refractivity contribution is -0.134. The summed E-state index contributed by atoms with van der Waals surface area (Å²) in [6.07, 6.45) is 8.44. The molecular formula is C44H54N6O6. The van der Waals surface area contributed by atoms with Gasteiger partial charge in [-0.3, -0.25) is 19.6 Å². The van der Waals surface area contributed by atoms with Crippen molar-refractivity contribution in [1.82, 2.24) is 20.4 Å². The van der Waals surface area contributed by atoms with Crippen molar-refractivity contribution in [3.63, 3.8) is 0 Å². The molecule has 4 amide bonds. The van der Waals surface area contributed by atoms with E-state index in [1.54, 1.807) is 0 Å². The van der Waals surface area contributed by atoms with Crippen molar-refractivity contribution in [3.8, 4) is 11.1 Å². The monoisotopic (exact) mass is 762 g/mol. The Balaban J connectivity index is 1.06. The molecule has 0 spiro atoms. The molecule has 0 aliphatic carbocycles. The average molecular weight is 763 g/mol. The fourth-order valence-corrected chi connectivity index (χ4v) is 8.03. The molecule has 2 unspecified atom stereocenters. The highest BCUT2D eigenvalue weighted by Crippen LogP contribution is 2.35. The van der Waals surface area contributed by atoms with Crippen LogP contribution in [0.1, 0.15) is 77.8 Å². The summed E-state index contributed by atoms with van der Waals surface area (Å²) in [5.41, 5.74) is 9.68. The lowest BCUT2D eigenvalue weighted by Crippen LogP contribution is -2.53. The number of allylic oxidation sites excluding steroid dienone is 3. The summed E-state index contributed by atoms with van der Waals surface area (Å²) in [6.45, 7) is 10.8. The second-order valence-electron chi connectivity index (χ2n) is 15.6. The number of carbonyl (C=O) groups is 4. The van der Waals surface area contributed by atoms with Gasteiger partial charge in [0.25, 0.3) is 0 Å². The van der Waals surface area contributed by atoms with Crippen molar-refractivity contribution in [2.45, 2.75) is 90.9 Å². The van der Waals surface area contributed by atoms with Crippen LogP contribution in [0.2, 0.25) is 0 Å². The minimum absolute atomic E-state index is 0.0834. The first-order valence-corrected chi connectivity index (χ1v) is 19.6. The minimum atomic E-state index is -0.695. The van der Waals surface area contributed by atoms with E-state index in [0.717, 1.165) is 64.1 Å². The lowest BCUT2D eigenvalue weighted by atomic mass is 9.94. The lowest BCUT2D eigenvalue weighted by Gasteiger charge is -2.31. The Morgan fingerprint density at radius 1 is 0.696 bits per heavy atom. The van der Waals surface area contributed by atoms with Crippen LogP contribution >= 0.6 is 0 Å². The largest absolute Gasteiger partial charge is 0.453 e. The Hall–Kier alpha value is -5.52. The standard InChI is InChI=1S/C44H54N6O6/c1-8-28-20-38(50(25-28)42(52)40(27(4)5)48-44(54)56-7)36-22-34(24-46-36)32-17-13-30(14-18-32)29-11-15-31(16-12-29)33-21-35(45-23-33)37-10-9-19-49(37)41(51)39(26(2)3)47-43(53)55-6/h8,11-18,23-24,26-27,37-40H,9-10,19-22,25H2,1-7H3,(H,47,53)(H,48,54)/b28-8+/t37-,38-,39?,40?/m0/s1. The maximum atomic E-state index is 13.8. The van der Waals surface area contributed by atoms with Crippen molar-refractivity contribution in [2.75, 3.05) is 27.3 Å². The second kappa shape index (κ2) is 17.5. The van der Waals surface area contributed by atoms with Crippen LogP contribution in [0.15, 0.2) is 82.6 Å². The maximum Gasteiger partial charge on any atom is 0.407 e. The molecule has 0 radical (unpaired) electrons. The van der Waals surface area contributed by atoms with Gasteiger partial charge in [0.2, 0.25) is 11.8 Å². The summed E-state index contributed by atoms with van der Waals surface area (Å²) in [6, 6.07) is 15.4. The zero-order chi connectivity index (χ0) is 40.1. The van der Waals surface area contributed by atoms with Gasteiger partial charge in [0.1, 0.15) is 12.1 Å². The first-order chi connectivity index (χ1) is 26.9. The van der Waals surface area contributed by atoms with Crippen LogP contribution in [-0.4, -0.2) is 96.7 Å². The van der Waals surface area contributed by atoms with Gasteiger partial charge < -0.3 is 29.9 Å². The van der Waals surface area contributed by atoms with Crippen molar-refractivity contribution in [1.29, 1.82) is 0 Å². The molecule has 0 bridgehead atoms. The molecular weight excluding hydrogens is 709 g/mol. The Bertz CT molecular complexity index is 1980. The topological polar surface area (TPSA) is 142 Å². The van der Waals surface area contributed by atoms with Crippen molar-refractivity contribution >= 4 is 46.6 Å². The van der Waals surface area contributed by atoms with E-state index in [4.69, 9.17) is 19.5 Å². The second-order valence-corrected chi connectivity index (χ2v) is 15.6. The van der Waals surface area contributed by atoms with E-state index in [-0.39, 0.29) is 35.7 Å². The molecule has 56 heavy (non-hydrogen) atoms. The number of methoxy groups -OCH3 is 2. The summed E-state index contributed by atoms with van der Waals surface area (Å²) >= 11 is 0. The molecule has 12 nitrogen and oxygen atoms in total. The molecule has 0 saturated carbocycles. The Kier molecular flexibility index (Phi) is 12.6. The van der Waals surface area contributed by atoms with Crippen molar-refractivity contribution in [2.24, 2.45) is 21.8 Å². The van der Waals surface area contributed by atoms with E-state index in [9.17, 15) is 19.2 Å². The van der Waals surface area contributed by atoms with Gasteiger partial charge in [0.15, 0.2) is 0 Å². The molecule has 2 N–H and O–H groups in total. The SMILES string of the molecule is C/C=C1\C[C@@H](C2=NC=C(c3ccc(-c4ccc(C5=CN=C([C@@H]6CCCN6C(=O)C(NC(=O)OC)C(C)C)C5)cc4)cc3)C2)N(C(=O)C(NC(=O)OC)C(C)C)C1. The van der Waals surface area contributed by atoms with Crippen molar-refractivity contribution in [3.05, 3.63) is 83.7 Å². The fourth-order valence-electron chi connectivity index (χ4n) is 8.03. The number of hydrogen-bond donors (Lipinski definition) is 2. The quantitative estimate of drug-likeness (QED) is 0.236. The summed E-state index contributed by atoms with van der Waals surface area (Å²) in [4.78, 5) is 64.7. The fraction of sp³-hybridized carbons (Fsp3) is 0.455. The number of likely N-dealkylation sites (tertiary alicyclic amines) is 2. The van der Waals surface area contributed by atoms with E-state index in [1.165, 1.54) is 19.8 Å². The number of aliphatic imine (C=N–C) groups is 2. The van der Waals surface area contributed by atoms with Gasteiger partial charge in [0.05, 0.1) is 26.3 Å². The number of benzene rings is 2. The van der Waals surface area contributed by atoms with Crippen LogP contribution in [0.4, 0.5) is 9.59 Å². The molecule has 4 aliphatic rings. The predicted octanol–water partition coefficient (Wildman–Crippen LogP) is 7.02. The molecule has 4 atom stereocenters. The molecule has 2 fully saturated rings. The number of rotatable bonds is 11. The minimum Gasteiger partial charge on any atom is -0.453 e. The molecule has 4 heterocycles. The third-order valence-corrected chi connectivity index (χ3v) is 11.3. The molecule has 2 aromatic carbocycles. The van der Waals surface area contributed by atoms with E-state index in [1.807, 2.05) is 56.8 Å². The highest BCUT2D eigenvalue weighted by Gasteiger charge is 2.41. The van der Waals surface area contributed by atoms with Gasteiger partial charge in [-0.05, 0) is 71.4 Å². The highest BCUT2D eigenvalue weighted by molar-refractivity contribution is 6.05. The number of amides is 4. The smallest absolute Gasteiger partial charge is 0.407 e. The summed E-state index contributed by atoms with van der Waals surface area (Å²) in [5, 5.41) is 5.45. The molecule has 6 rings (SSSR count). The average Bonchev–Trinajstić information content (AvgIpc) is 4.04. The van der Waals surface area contributed by atoms with E-state index in [0.29, 0.717) is 25.9 Å². The Morgan fingerprint density at radius 3 is 1.59 bits per heavy atom. The predicted molar refractivity (Wildman–Crippen MR) is 219 cm³/mol. The first kappa shape index (κ1) is 40.2. The van der Waals surface area contributed by atoms with Crippen LogP contribution in [0.25, 0.3) is 22.3 Å². The van der Waals surface area contributed by atoms with Gasteiger partial charge in [-0.2, -0.15) is 0 Å². The zero-order valence-corrected chi connectivity index (χ0v) is 33.5. The molecule has 12 heteroatoms.